The zero-order valence-corrected chi connectivity index (χ0v) is 15.9. The molecule has 0 aliphatic heterocycles. The fourth-order valence-electron chi connectivity index (χ4n) is 3.16. The first-order chi connectivity index (χ1) is 14.3. The fourth-order valence-corrected chi connectivity index (χ4v) is 3.36. The Kier molecular flexibility index (Phi) is 4.75. The molecule has 1 aromatic carbocycles. The molecule has 4 rings (SSSR count). The van der Waals surface area contributed by atoms with Crippen molar-refractivity contribution in [1.82, 2.24) is 9.08 Å². The molecule has 30 heavy (non-hydrogen) atoms. The summed E-state index contributed by atoms with van der Waals surface area (Å²) in [6, 6.07) is 9.06. The van der Waals surface area contributed by atoms with E-state index in [1.807, 2.05) is 0 Å². The predicted octanol–water partition coefficient (Wildman–Crippen LogP) is 1.52. The van der Waals surface area contributed by atoms with Crippen LogP contribution in [0.15, 0.2) is 57.0 Å². The molecule has 0 aliphatic carbocycles. The third-order valence-electron chi connectivity index (χ3n) is 4.73. The van der Waals surface area contributed by atoms with Gasteiger partial charge >= 0.3 is 17.1 Å². The quantitative estimate of drug-likeness (QED) is 0.450. The summed E-state index contributed by atoms with van der Waals surface area (Å²) in [6.45, 7) is -0.0518. The lowest BCUT2D eigenvalue weighted by Gasteiger charge is -2.12. The molecule has 0 spiro atoms. The topological polar surface area (TPSA) is 110 Å². The Bertz CT molecular complexity index is 1420. The molecule has 4 aromatic rings. The fraction of sp³-hybridized carbons (Fsp3) is 0.100. The summed E-state index contributed by atoms with van der Waals surface area (Å²) in [5, 5.41) is 9.36. The van der Waals surface area contributed by atoms with Gasteiger partial charge in [-0.05, 0) is 34.9 Å². The van der Waals surface area contributed by atoms with E-state index in [0.29, 0.717) is 22.2 Å². The van der Waals surface area contributed by atoms with Crippen LogP contribution in [0, 0.1) is 5.82 Å². The lowest BCUT2D eigenvalue weighted by molar-refractivity contribution is 0.0694. The molecule has 0 saturated heterocycles. The summed E-state index contributed by atoms with van der Waals surface area (Å²) in [6.07, 6.45) is 1.57. The maximum atomic E-state index is 14.2. The van der Waals surface area contributed by atoms with Gasteiger partial charge in [-0.25, -0.2) is 9.18 Å². The van der Waals surface area contributed by atoms with Gasteiger partial charge in [0.25, 0.3) is 5.56 Å². The predicted molar refractivity (Wildman–Crippen MR) is 107 cm³/mol. The van der Waals surface area contributed by atoms with E-state index in [0.717, 1.165) is 9.08 Å². The number of nitrogens with zero attached hydrogens (tertiary/aromatic N) is 2. The number of rotatable bonds is 6. The van der Waals surface area contributed by atoms with E-state index in [2.05, 4.69) is 5.43 Å². The molecule has 3 heterocycles. The molecule has 0 aliphatic rings. The summed E-state index contributed by atoms with van der Waals surface area (Å²) in [7, 11) is 0. The minimum Gasteiger partial charge on any atom is -0.477 e. The SMILES string of the molecule is O=C(O)c1cc(CNn2c(=O)c2=O)c2ccc(Cc3cccc(Cl)c3F)cn2c1=O. The van der Waals surface area contributed by atoms with Gasteiger partial charge < -0.3 is 10.5 Å². The molecule has 0 unspecified atom stereocenters. The third kappa shape index (κ3) is 3.39. The maximum Gasteiger partial charge on any atom is 0.341 e. The van der Waals surface area contributed by atoms with Crippen LogP contribution in [-0.2, 0) is 13.0 Å². The van der Waals surface area contributed by atoms with Crippen LogP contribution >= 0.6 is 11.6 Å². The number of carboxylic acid groups (broad SMARTS) is 1. The molecule has 0 amide bonds. The van der Waals surface area contributed by atoms with E-state index in [9.17, 15) is 28.7 Å². The van der Waals surface area contributed by atoms with Gasteiger partial charge in [0.05, 0.1) is 17.1 Å². The van der Waals surface area contributed by atoms with Gasteiger partial charge in [-0.2, -0.15) is 4.68 Å². The van der Waals surface area contributed by atoms with Gasteiger partial charge in [0.2, 0.25) is 0 Å². The Balaban J connectivity index is 1.78. The van der Waals surface area contributed by atoms with Crippen molar-refractivity contribution in [1.29, 1.82) is 0 Å². The average Bonchev–Trinajstić information content (AvgIpc) is 3.29. The van der Waals surface area contributed by atoms with Crippen LogP contribution in [0.25, 0.3) is 5.52 Å². The van der Waals surface area contributed by atoms with Gasteiger partial charge in [0.1, 0.15) is 11.4 Å². The molecule has 0 radical (unpaired) electrons. The zero-order valence-electron chi connectivity index (χ0n) is 15.2. The molecule has 152 valence electrons. The minimum absolute atomic E-state index is 0.0221. The van der Waals surface area contributed by atoms with E-state index >= 15 is 0 Å². The van der Waals surface area contributed by atoms with Gasteiger partial charge in [0, 0.05) is 12.6 Å². The first kappa shape index (κ1) is 19.6. The Morgan fingerprint density at radius 2 is 1.80 bits per heavy atom. The van der Waals surface area contributed by atoms with Crippen LogP contribution in [-0.4, -0.2) is 20.2 Å². The standard InChI is InChI=1S/C20H13ClFN3O5/c21-14-3-1-2-11(16(14)22)6-10-4-5-15-12(8-23-25-18(27)19(25)28)7-13(20(29)30)17(26)24(15)9-10/h1-5,7,9,23H,6,8H2,(H,29,30). The maximum absolute atomic E-state index is 14.2. The summed E-state index contributed by atoms with van der Waals surface area (Å²) >= 11 is 5.81. The third-order valence-corrected chi connectivity index (χ3v) is 5.02. The summed E-state index contributed by atoms with van der Waals surface area (Å²) in [5.74, 6) is -1.98. The van der Waals surface area contributed by atoms with Crippen LogP contribution in [0.4, 0.5) is 4.39 Å². The Hall–Kier alpha value is -3.72. The molecule has 0 saturated carbocycles. The molecule has 0 atom stereocenters. The number of halogens is 2. The van der Waals surface area contributed by atoms with Crippen LogP contribution in [0.3, 0.4) is 0 Å². The number of pyridine rings is 2. The zero-order chi connectivity index (χ0) is 21.6. The van der Waals surface area contributed by atoms with E-state index in [1.165, 1.54) is 18.3 Å². The number of fused-ring (bicyclic) bond motifs is 1. The molecular formula is C20H13ClFN3O5. The molecule has 2 N–H and O–H groups in total. The van der Waals surface area contributed by atoms with Crippen LogP contribution < -0.4 is 22.1 Å². The van der Waals surface area contributed by atoms with Gasteiger partial charge in [-0.15, -0.1) is 0 Å². The molecule has 8 nitrogen and oxygen atoms in total. The molecular weight excluding hydrogens is 417 g/mol. The molecule has 0 bridgehead atoms. The average molecular weight is 430 g/mol. The van der Waals surface area contributed by atoms with E-state index in [-0.39, 0.29) is 18.0 Å². The number of benzene rings is 1. The second kappa shape index (κ2) is 7.27. The van der Waals surface area contributed by atoms with Crippen molar-refractivity contribution >= 4 is 23.1 Å². The van der Waals surface area contributed by atoms with E-state index in [4.69, 9.17) is 11.6 Å². The van der Waals surface area contributed by atoms with Gasteiger partial charge in [0.15, 0.2) is 0 Å². The number of hydrogen-bond acceptors (Lipinski definition) is 5. The van der Waals surface area contributed by atoms with Crippen molar-refractivity contribution in [2.45, 2.75) is 13.0 Å². The largest absolute Gasteiger partial charge is 0.477 e. The highest BCUT2D eigenvalue weighted by molar-refractivity contribution is 6.30. The lowest BCUT2D eigenvalue weighted by atomic mass is 10.0. The second-order valence-corrected chi connectivity index (χ2v) is 7.06. The van der Waals surface area contributed by atoms with Crippen molar-refractivity contribution < 1.29 is 14.3 Å². The van der Waals surface area contributed by atoms with Crippen LogP contribution in [0.2, 0.25) is 5.02 Å². The monoisotopic (exact) mass is 429 g/mol. The highest BCUT2D eigenvalue weighted by atomic mass is 35.5. The van der Waals surface area contributed by atoms with Crippen LogP contribution in [0.5, 0.6) is 0 Å². The number of carbonyl (C=O) groups is 1. The first-order valence-electron chi connectivity index (χ1n) is 8.73. The van der Waals surface area contributed by atoms with Gasteiger partial charge in [-0.1, -0.05) is 29.8 Å². The second-order valence-electron chi connectivity index (χ2n) is 6.66. The number of aromatic carboxylic acids is 1. The Labute approximate surface area is 172 Å². The highest BCUT2D eigenvalue weighted by Gasteiger charge is 2.19. The Morgan fingerprint density at radius 1 is 1.07 bits per heavy atom. The highest BCUT2D eigenvalue weighted by Crippen LogP contribution is 2.21. The minimum atomic E-state index is -1.42. The smallest absolute Gasteiger partial charge is 0.341 e. The molecule has 10 heteroatoms. The number of aromatic nitrogens is 2. The first-order valence-corrected chi connectivity index (χ1v) is 9.11. The normalized spacial score (nSPS) is 11.3. The molecule has 0 fully saturated rings. The summed E-state index contributed by atoms with van der Waals surface area (Å²) < 4.78 is 16.2. The number of carboxylic acids is 1. The molecule has 3 aromatic heterocycles. The summed E-state index contributed by atoms with van der Waals surface area (Å²) in [5.41, 5.74) is 1.61. The van der Waals surface area contributed by atoms with Crippen molar-refractivity contribution in [3.63, 3.8) is 0 Å². The number of hydrogen-bond donors (Lipinski definition) is 2. The van der Waals surface area contributed by atoms with Crippen molar-refractivity contribution in [3.8, 4) is 0 Å². The summed E-state index contributed by atoms with van der Waals surface area (Å²) in [4.78, 5) is 46.4. The van der Waals surface area contributed by atoms with Crippen LogP contribution in [0.1, 0.15) is 27.0 Å². The van der Waals surface area contributed by atoms with Crippen molar-refractivity contribution in [2.75, 3.05) is 5.43 Å². The number of nitrogens with one attached hydrogen (secondary N) is 1. The van der Waals surface area contributed by atoms with E-state index in [1.54, 1.807) is 24.3 Å². The van der Waals surface area contributed by atoms with E-state index < -0.39 is 34.0 Å². The van der Waals surface area contributed by atoms with Crippen molar-refractivity contribution in [2.24, 2.45) is 0 Å². The Morgan fingerprint density at radius 3 is 2.47 bits per heavy atom. The van der Waals surface area contributed by atoms with Gasteiger partial charge in [-0.3, -0.25) is 18.8 Å². The lowest BCUT2D eigenvalue weighted by Crippen LogP contribution is -2.24. The van der Waals surface area contributed by atoms with Crippen molar-refractivity contribution in [3.05, 3.63) is 107 Å².